The molecule has 1 fully saturated rings. The van der Waals surface area contributed by atoms with Crippen molar-refractivity contribution in [1.82, 2.24) is 24.9 Å². The number of imide groups is 1. The Morgan fingerprint density at radius 1 is 1.06 bits per heavy atom. The first-order valence-corrected chi connectivity index (χ1v) is 9.91. The fraction of sp³-hybridized carbons (Fsp3) is 0.217. The molecule has 0 saturated carbocycles. The molecule has 1 aromatic heterocycles. The molecule has 1 aliphatic heterocycles. The van der Waals surface area contributed by atoms with E-state index in [0.29, 0.717) is 12.1 Å². The smallest absolute Gasteiger partial charge is 0.325 e. The van der Waals surface area contributed by atoms with Crippen molar-refractivity contribution in [3.63, 3.8) is 0 Å². The number of likely N-dealkylation sites (N-methyl/N-ethyl adjacent to an activating group) is 1. The summed E-state index contributed by atoms with van der Waals surface area (Å²) in [5.41, 5.74) is 1.24. The van der Waals surface area contributed by atoms with Crippen molar-refractivity contribution in [2.24, 2.45) is 0 Å². The molecule has 31 heavy (non-hydrogen) atoms. The van der Waals surface area contributed by atoms with E-state index in [2.05, 4.69) is 10.4 Å². The lowest BCUT2D eigenvalue weighted by atomic mass is 9.92. The van der Waals surface area contributed by atoms with Crippen LogP contribution in [0, 0.1) is 0 Å². The predicted octanol–water partition coefficient (Wildman–Crippen LogP) is 2.30. The lowest BCUT2D eigenvalue weighted by molar-refractivity contribution is -0.138. The van der Waals surface area contributed by atoms with Gasteiger partial charge in [0.1, 0.15) is 12.1 Å². The number of nitrogens with one attached hydrogen (secondary N) is 1. The first-order chi connectivity index (χ1) is 14.9. The zero-order chi connectivity index (χ0) is 22.0. The van der Waals surface area contributed by atoms with E-state index in [9.17, 15) is 14.4 Å². The maximum absolute atomic E-state index is 13.0. The van der Waals surface area contributed by atoms with Gasteiger partial charge < -0.3 is 10.2 Å². The Bertz CT molecular complexity index is 1110. The van der Waals surface area contributed by atoms with E-state index in [0.717, 1.165) is 16.2 Å². The molecule has 4 amide bonds. The minimum atomic E-state index is -1.19. The Morgan fingerprint density at radius 2 is 1.71 bits per heavy atom. The van der Waals surface area contributed by atoms with Crippen LogP contribution < -0.4 is 5.32 Å². The van der Waals surface area contributed by atoms with Crippen molar-refractivity contribution in [2.45, 2.75) is 19.0 Å². The lowest BCUT2D eigenvalue weighted by Crippen LogP contribution is -2.43. The molecule has 0 aliphatic carbocycles. The predicted molar refractivity (Wildman–Crippen MR) is 114 cm³/mol. The van der Waals surface area contributed by atoms with Crippen LogP contribution in [-0.2, 0) is 21.7 Å². The monoisotopic (exact) mass is 417 g/mol. The Labute approximate surface area is 180 Å². The normalized spacial score (nSPS) is 18.2. The summed E-state index contributed by atoms with van der Waals surface area (Å²) in [5.74, 6) is -0.782. The number of nitrogens with zero attached hydrogens (tertiary/aromatic N) is 4. The summed E-state index contributed by atoms with van der Waals surface area (Å²) in [6.45, 7) is 1.64. The van der Waals surface area contributed by atoms with Crippen molar-refractivity contribution < 1.29 is 14.4 Å². The van der Waals surface area contributed by atoms with Crippen molar-refractivity contribution in [1.29, 1.82) is 0 Å². The summed E-state index contributed by atoms with van der Waals surface area (Å²) in [7, 11) is 1.64. The van der Waals surface area contributed by atoms with Crippen LogP contribution in [0.1, 0.15) is 18.1 Å². The quantitative estimate of drug-likeness (QED) is 0.624. The minimum absolute atomic E-state index is 0.311. The zero-order valence-electron chi connectivity index (χ0n) is 17.4. The third-order valence-electron chi connectivity index (χ3n) is 5.42. The van der Waals surface area contributed by atoms with E-state index in [1.807, 2.05) is 42.6 Å². The van der Waals surface area contributed by atoms with Gasteiger partial charge in [-0.15, -0.1) is 0 Å². The van der Waals surface area contributed by atoms with Crippen LogP contribution in [-0.4, -0.2) is 51.0 Å². The number of para-hydroxylation sites is 1. The first kappa shape index (κ1) is 20.3. The summed E-state index contributed by atoms with van der Waals surface area (Å²) in [6.07, 6.45) is 3.54. The van der Waals surface area contributed by atoms with E-state index >= 15 is 0 Å². The Morgan fingerprint density at radius 3 is 2.39 bits per heavy atom. The molecule has 3 aromatic rings. The van der Waals surface area contributed by atoms with E-state index in [1.165, 1.54) is 4.90 Å². The number of hydrogen-bond acceptors (Lipinski definition) is 4. The van der Waals surface area contributed by atoms with Gasteiger partial charge in [-0.2, -0.15) is 5.10 Å². The minimum Gasteiger partial charge on any atom is -0.340 e. The topological polar surface area (TPSA) is 87.5 Å². The number of carbonyl (C=O) groups is 3. The molecule has 8 nitrogen and oxygen atoms in total. The van der Waals surface area contributed by atoms with Crippen molar-refractivity contribution in [3.05, 3.63) is 84.2 Å². The average molecular weight is 417 g/mol. The second-order valence-corrected chi connectivity index (χ2v) is 7.69. The summed E-state index contributed by atoms with van der Waals surface area (Å²) < 4.78 is 1.73. The van der Waals surface area contributed by atoms with E-state index in [-0.39, 0.29) is 12.5 Å². The van der Waals surface area contributed by atoms with Gasteiger partial charge in [0, 0.05) is 25.4 Å². The van der Waals surface area contributed by atoms with Gasteiger partial charge in [0.2, 0.25) is 5.91 Å². The number of benzene rings is 2. The molecule has 1 atom stereocenters. The molecule has 4 rings (SSSR count). The van der Waals surface area contributed by atoms with Gasteiger partial charge in [0.15, 0.2) is 0 Å². The summed E-state index contributed by atoms with van der Waals surface area (Å²) in [5, 5.41) is 7.04. The van der Waals surface area contributed by atoms with Crippen LogP contribution in [0.5, 0.6) is 0 Å². The highest BCUT2D eigenvalue weighted by molar-refractivity contribution is 6.09. The number of aromatic nitrogens is 2. The van der Waals surface area contributed by atoms with Crippen LogP contribution in [0.15, 0.2) is 73.1 Å². The molecule has 0 radical (unpaired) electrons. The molecule has 0 bridgehead atoms. The molecular formula is C23H23N5O3. The molecule has 0 unspecified atom stereocenters. The van der Waals surface area contributed by atoms with Gasteiger partial charge in [-0.1, -0.05) is 48.5 Å². The van der Waals surface area contributed by atoms with Crippen LogP contribution in [0.2, 0.25) is 0 Å². The second-order valence-electron chi connectivity index (χ2n) is 7.69. The first-order valence-electron chi connectivity index (χ1n) is 9.91. The third-order valence-corrected chi connectivity index (χ3v) is 5.42. The van der Waals surface area contributed by atoms with Gasteiger partial charge in [0.25, 0.3) is 5.91 Å². The fourth-order valence-electron chi connectivity index (χ4n) is 3.59. The SMILES string of the molecule is CN(Cc1cnn(-c2ccccc2)c1)C(=O)CN1C(=O)N[C@](C)(c2ccccc2)C1=O. The van der Waals surface area contributed by atoms with Crippen molar-refractivity contribution >= 4 is 17.8 Å². The molecule has 1 N–H and O–H groups in total. The lowest BCUT2D eigenvalue weighted by Gasteiger charge is -2.23. The van der Waals surface area contributed by atoms with Crippen LogP contribution >= 0.6 is 0 Å². The Kier molecular flexibility index (Phi) is 5.29. The van der Waals surface area contributed by atoms with E-state index in [1.54, 1.807) is 49.1 Å². The molecule has 1 aliphatic rings. The highest BCUT2D eigenvalue weighted by atomic mass is 16.2. The molecule has 2 aromatic carbocycles. The fourth-order valence-corrected chi connectivity index (χ4v) is 3.59. The highest BCUT2D eigenvalue weighted by Crippen LogP contribution is 2.28. The van der Waals surface area contributed by atoms with Gasteiger partial charge >= 0.3 is 6.03 Å². The summed E-state index contributed by atoms with van der Waals surface area (Å²) >= 11 is 0. The van der Waals surface area contributed by atoms with Crippen LogP contribution in [0.25, 0.3) is 5.69 Å². The van der Waals surface area contributed by atoms with Crippen LogP contribution in [0.4, 0.5) is 4.79 Å². The molecule has 0 spiro atoms. The second kappa shape index (κ2) is 8.06. The maximum Gasteiger partial charge on any atom is 0.325 e. The Hall–Kier alpha value is -3.94. The van der Waals surface area contributed by atoms with Gasteiger partial charge in [-0.25, -0.2) is 9.48 Å². The third kappa shape index (κ3) is 3.92. The molecule has 1 saturated heterocycles. The number of urea groups is 1. The van der Waals surface area contributed by atoms with Crippen LogP contribution in [0.3, 0.4) is 0 Å². The molecule has 8 heteroatoms. The van der Waals surface area contributed by atoms with Crippen molar-refractivity contribution in [2.75, 3.05) is 13.6 Å². The average Bonchev–Trinajstić information content (AvgIpc) is 3.34. The molecule has 158 valence electrons. The number of hydrogen-bond donors (Lipinski definition) is 1. The standard InChI is InChI=1S/C23H23N5O3/c1-23(18-9-5-3-6-10-18)21(30)27(22(31)25-23)16-20(29)26(2)14-17-13-24-28(15-17)19-11-7-4-8-12-19/h3-13,15H,14,16H2,1-2H3,(H,25,31)/t23-/m1/s1. The summed E-state index contributed by atoms with van der Waals surface area (Å²) in [4.78, 5) is 40.6. The molecular weight excluding hydrogens is 394 g/mol. The summed E-state index contributed by atoms with van der Waals surface area (Å²) in [6, 6.07) is 18.1. The van der Waals surface area contributed by atoms with E-state index < -0.39 is 17.5 Å². The van der Waals surface area contributed by atoms with Gasteiger partial charge in [0.05, 0.1) is 11.9 Å². The number of amides is 4. The van der Waals surface area contributed by atoms with Crippen molar-refractivity contribution in [3.8, 4) is 5.69 Å². The number of carbonyl (C=O) groups excluding carboxylic acids is 3. The molecule has 2 heterocycles. The van der Waals surface area contributed by atoms with Gasteiger partial charge in [-0.3, -0.25) is 14.5 Å². The number of rotatable bonds is 6. The maximum atomic E-state index is 13.0. The highest BCUT2D eigenvalue weighted by Gasteiger charge is 2.49. The zero-order valence-corrected chi connectivity index (χ0v) is 17.4. The van der Waals surface area contributed by atoms with E-state index in [4.69, 9.17) is 0 Å². The largest absolute Gasteiger partial charge is 0.340 e. The van der Waals surface area contributed by atoms with Gasteiger partial charge in [-0.05, 0) is 24.6 Å². The Balaban J connectivity index is 1.42.